The van der Waals surface area contributed by atoms with Crippen LogP contribution in [0.25, 0.3) is 17.5 Å². The monoisotopic (exact) mass is 403 g/mol. The summed E-state index contributed by atoms with van der Waals surface area (Å²) >= 11 is 0. The third-order valence-electron chi connectivity index (χ3n) is 5.36. The van der Waals surface area contributed by atoms with Crippen LogP contribution in [-0.4, -0.2) is 40.9 Å². The van der Waals surface area contributed by atoms with E-state index in [1.807, 2.05) is 59.5 Å². The number of hydrogen-bond acceptors (Lipinski definition) is 6. The van der Waals surface area contributed by atoms with Gasteiger partial charge in [-0.1, -0.05) is 30.3 Å². The third-order valence-corrected chi connectivity index (χ3v) is 5.36. The molecule has 5 rings (SSSR count). The van der Waals surface area contributed by atoms with Crippen molar-refractivity contribution in [2.45, 2.75) is 18.8 Å². The maximum absolute atomic E-state index is 12.6. The lowest BCUT2D eigenvalue weighted by atomic mass is 9.98. The van der Waals surface area contributed by atoms with E-state index in [0.29, 0.717) is 29.8 Å². The predicted molar refractivity (Wildman–Crippen MR) is 110 cm³/mol. The molecule has 1 saturated heterocycles. The average molecular weight is 403 g/mol. The highest BCUT2D eigenvalue weighted by Gasteiger charge is 2.28. The molecule has 3 aromatic rings. The standard InChI is InChI=1S/C23H21N3O4/c27-21(11-8-16-5-2-1-3-6-16)26-12-4-7-18(14-26)23-25-24-22(30-23)17-9-10-19-20(13-17)29-15-28-19/h1-3,5-6,8-11,13,18H,4,7,12,14-15H2/b11-8-. The SMILES string of the molecule is O=C(/C=C\c1ccccc1)N1CCCC(c2nnc(-c3ccc4c(c3)OCO4)o2)C1. The number of aromatic nitrogens is 2. The Kier molecular flexibility index (Phi) is 4.93. The van der Waals surface area contributed by atoms with Crippen LogP contribution in [0.2, 0.25) is 0 Å². The number of carbonyl (C=O) groups excluding carboxylic acids is 1. The fraction of sp³-hybridized carbons (Fsp3) is 0.261. The van der Waals surface area contributed by atoms with Crippen LogP contribution in [0.4, 0.5) is 0 Å². The highest BCUT2D eigenvalue weighted by molar-refractivity contribution is 5.91. The largest absolute Gasteiger partial charge is 0.454 e. The van der Waals surface area contributed by atoms with Gasteiger partial charge in [-0.25, -0.2) is 0 Å². The van der Waals surface area contributed by atoms with Crippen LogP contribution in [0.5, 0.6) is 11.5 Å². The maximum atomic E-state index is 12.6. The molecule has 0 spiro atoms. The summed E-state index contributed by atoms with van der Waals surface area (Å²) in [6, 6.07) is 15.3. The summed E-state index contributed by atoms with van der Waals surface area (Å²) in [6.45, 7) is 1.52. The molecule has 7 heteroatoms. The molecule has 0 saturated carbocycles. The second-order valence-corrected chi connectivity index (χ2v) is 7.38. The Morgan fingerprint density at radius 3 is 2.83 bits per heavy atom. The lowest BCUT2D eigenvalue weighted by Crippen LogP contribution is -2.38. The molecule has 0 bridgehead atoms. The van der Waals surface area contributed by atoms with E-state index in [1.54, 1.807) is 6.08 Å². The van der Waals surface area contributed by atoms with E-state index >= 15 is 0 Å². The van der Waals surface area contributed by atoms with E-state index < -0.39 is 0 Å². The van der Waals surface area contributed by atoms with Gasteiger partial charge in [0.1, 0.15) is 0 Å². The molecule has 0 aliphatic carbocycles. The van der Waals surface area contributed by atoms with Gasteiger partial charge in [-0.3, -0.25) is 4.79 Å². The van der Waals surface area contributed by atoms with Crippen LogP contribution in [0, 0.1) is 0 Å². The lowest BCUT2D eigenvalue weighted by Gasteiger charge is -2.30. The highest BCUT2D eigenvalue weighted by Crippen LogP contribution is 2.36. The number of ether oxygens (including phenoxy) is 2. The molecule has 1 atom stereocenters. The second kappa shape index (κ2) is 8.02. The summed E-state index contributed by atoms with van der Waals surface area (Å²) < 4.78 is 16.7. The Hall–Kier alpha value is -3.61. The van der Waals surface area contributed by atoms with E-state index in [0.717, 1.165) is 30.5 Å². The molecule has 0 radical (unpaired) electrons. The minimum Gasteiger partial charge on any atom is -0.454 e. The summed E-state index contributed by atoms with van der Waals surface area (Å²) in [4.78, 5) is 14.5. The van der Waals surface area contributed by atoms with Crippen molar-refractivity contribution in [2.24, 2.45) is 0 Å². The van der Waals surface area contributed by atoms with Crippen molar-refractivity contribution in [3.63, 3.8) is 0 Å². The van der Waals surface area contributed by atoms with Crippen molar-refractivity contribution in [1.82, 2.24) is 15.1 Å². The van der Waals surface area contributed by atoms with Crippen molar-refractivity contribution in [3.8, 4) is 23.0 Å². The number of hydrogen-bond donors (Lipinski definition) is 0. The average Bonchev–Trinajstić information content (AvgIpc) is 3.47. The summed E-state index contributed by atoms with van der Waals surface area (Å²) in [5, 5.41) is 8.45. The molecule has 1 unspecified atom stereocenters. The van der Waals surface area contributed by atoms with Crippen molar-refractivity contribution in [1.29, 1.82) is 0 Å². The Bertz CT molecular complexity index is 1080. The fourth-order valence-electron chi connectivity index (χ4n) is 3.76. The number of nitrogens with zero attached hydrogens (tertiary/aromatic N) is 3. The quantitative estimate of drug-likeness (QED) is 0.615. The molecular weight excluding hydrogens is 382 g/mol. The normalized spacial score (nSPS) is 18.1. The van der Waals surface area contributed by atoms with Crippen LogP contribution < -0.4 is 9.47 Å². The van der Waals surface area contributed by atoms with Crippen LogP contribution in [0.1, 0.15) is 30.2 Å². The summed E-state index contributed by atoms with van der Waals surface area (Å²) in [7, 11) is 0. The number of fused-ring (bicyclic) bond motifs is 1. The molecule has 152 valence electrons. The van der Waals surface area contributed by atoms with Gasteiger partial charge in [-0.2, -0.15) is 0 Å². The summed E-state index contributed by atoms with van der Waals surface area (Å²) in [5.41, 5.74) is 1.79. The molecule has 2 aliphatic rings. The smallest absolute Gasteiger partial charge is 0.247 e. The highest BCUT2D eigenvalue weighted by atomic mass is 16.7. The number of benzene rings is 2. The van der Waals surface area contributed by atoms with Crippen LogP contribution in [-0.2, 0) is 4.79 Å². The molecule has 1 fully saturated rings. The van der Waals surface area contributed by atoms with Crippen molar-refractivity contribution < 1.29 is 18.7 Å². The van der Waals surface area contributed by atoms with Gasteiger partial charge in [0.05, 0.1) is 5.92 Å². The van der Waals surface area contributed by atoms with E-state index in [9.17, 15) is 4.79 Å². The summed E-state index contributed by atoms with van der Waals surface area (Å²) in [5.74, 6) is 2.42. The van der Waals surface area contributed by atoms with E-state index in [1.165, 1.54) is 0 Å². The first-order valence-corrected chi connectivity index (χ1v) is 10.0. The lowest BCUT2D eigenvalue weighted by molar-refractivity contribution is -0.127. The van der Waals surface area contributed by atoms with Crippen LogP contribution >= 0.6 is 0 Å². The molecular formula is C23H21N3O4. The zero-order valence-electron chi connectivity index (χ0n) is 16.4. The first-order chi connectivity index (χ1) is 14.8. The van der Waals surface area contributed by atoms with Gasteiger partial charge in [0, 0.05) is 24.7 Å². The van der Waals surface area contributed by atoms with Crippen LogP contribution in [0.15, 0.2) is 59.0 Å². The zero-order chi connectivity index (χ0) is 20.3. The number of piperidine rings is 1. The second-order valence-electron chi connectivity index (χ2n) is 7.38. The number of amides is 1. The Morgan fingerprint density at radius 1 is 1.07 bits per heavy atom. The molecule has 7 nitrogen and oxygen atoms in total. The Balaban J connectivity index is 1.27. The molecule has 0 N–H and O–H groups in total. The fourth-order valence-corrected chi connectivity index (χ4v) is 3.76. The van der Waals surface area contributed by atoms with E-state index in [-0.39, 0.29) is 18.6 Å². The van der Waals surface area contributed by atoms with E-state index in [4.69, 9.17) is 13.9 Å². The van der Waals surface area contributed by atoms with Gasteiger partial charge in [0.2, 0.25) is 24.5 Å². The minimum absolute atomic E-state index is 0.000868. The Labute approximate surface area is 173 Å². The summed E-state index contributed by atoms with van der Waals surface area (Å²) in [6.07, 6.45) is 5.28. The molecule has 30 heavy (non-hydrogen) atoms. The van der Waals surface area contributed by atoms with Gasteiger partial charge < -0.3 is 18.8 Å². The van der Waals surface area contributed by atoms with Crippen molar-refractivity contribution in [3.05, 3.63) is 66.1 Å². The van der Waals surface area contributed by atoms with Gasteiger partial charge in [-0.15, -0.1) is 10.2 Å². The number of carbonyl (C=O) groups is 1. The van der Waals surface area contributed by atoms with Gasteiger partial charge in [-0.05, 0) is 42.7 Å². The van der Waals surface area contributed by atoms with Gasteiger partial charge in [0.25, 0.3) is 0 Å². The molecule has 3 heterocycles. The molecule has 1 amide bonds. The minimum atomic E-state index is -0.000868. The molecule has 2 aliphatic heterocycles. The van der Waals surface area contributed by atoms with Gasteiger partial charge >= 0.3 is 0 Å². The topological polar surface area (TPSA) is 77.7 Å². The third kappa shape index (κ3) is 3.78. The molecule has 1 aromatic heterocycles. The van der Waals surface area contributed by atoms with Crippen molar-refractivity contribution >= 4 is 12.0 Å². The van der Waals surface area contributed by atoms with Gasteiger partial charge in [0.15, 0.2) is 11.5 Å². The zero-order valence-corrected chi connectivity index (χ0v) is 16.4. The van der Waals surface area contributed by atoms with E-state index in [2.05, 4.69) is 10.2 Å². The van der Waals surface area contributed by atoms with Crippen LogP contribution in [0.3, 0.4) is 0 Å². The first kappa shape index (κ1) is 18.4. The number of likely N-dealkylation sites (tertiary alicyclic amines) is 1. The number of rotatable bonds is 4. The van der Waals surface area contributed by atoms with Crippen molar-refractivity contribution in [2.75, 3.05) is 19.9 Å². The predicted octanol–water partition coefficient (Wildman–Crippen LogP) is 3.88. The Morgan fingerprint density at radius 2 is 1.93 bits per heavy atom. The molecule has 2 aromatic carbocycles. The maximum Gasteiger partial charge on any atom is 0.247 e. The first-order valence-electron chi connectivity index (χ1n) is 10.0.